The summed E-state index contributed by atoms with van der Waals surface area (Å²) in [5.41, 5.74) is 2.64. The van der Waals surface area contributed by atoms with Crippen molar-refractivity contribution < 1.29 is 9.13 Å². The first kappa shape index (κ1) is 14.5. The van der Waals surface area contributed by atoms with E-state index in [-0.39, 0.29) is 5.82 Å². The van der Waals surface area contributed by atoms with Crippen LogP contribution in [0, 0.1) is 19.7 Å². The van der Waals surface area contributed by atoms with Gasteiger partial charge in [-0.25, -0.2) is 9.37 Å². The number of aromatic nitrogens is 1. The molecule has 106 valence electrons. The maximum absolute atomic E-state index is 13.2. The molecule has 1 aromatic heterocycles. The molecule has 0 spiro atoms. The van der Waals surface area contributed by atoms with Gasteiger partial charge in [-0.1, -0.05) is 6.92 Å². The van der Waals surface area contributed by atoms with Crippen molar-refractivity contribution in [2.45, 2.75) is 27.3 Å². The van der Waals surface area contributed by atoms with Crippen LogP contribution in [0.5, 0.6) is 11.6 Å². The fourth-order valence-electron chi connectivity index (χ4n) is 1.89. The Morgan fingerprint density at radius 1 is 1.20 bits per heavy atom. The molecule has 20 heavy (non-hydrogen) atoms. The monoisotopic (exact) mass is 274 g/mol. The van der Waals surface area contributed by atoms with E-state index in [0.717, 1.165) is 24.2 Å². The van der Waals surface area contributed by atoms with Crippen molar-refractivity contribution in [2.24, 2.45) is 0 Å². The summed E-state index contributed by atoms with van der Waals surface area (Å²) < 4.78 is 18.9. The summed E-state index contributed by atoms with van der Waals surface area (Å²) in [5, 5.41) is 3.25. The number of hydrogen-bond acceptors (Lipinski definition) is 3. The van der Waals surface area contributed by atoms with E-state index in [1.54, 1.807) is 25.3 Å². The van der Waals surface area contributed by atoms with Gasteiger partial charge in [0.05, 0.1) is 0 Å². The number of benzene rings is 1. The van der Waals surface area contributed by atoms with Crippen molar-refractivity contribution in [2.75, 3.05) is 6.54 Å². The number of aryl methyl sites for hydroxylation is 2. The number of nitrogens with zero attached hydrogens (tertiary/aromatic N) is 1. The second-order valence-electron chi connectivity index (χ2n) is 4.76. The van der Waals surface area contributed by atoms with Crippen LogP contribution in [-0.2, 0) is 6.54 Å². The fourth-order valence-corrected chi connectivity index (χ4v) is 1.89. The molecule has 0 amide bonds. The van der Waals surface area contributed by atoms with Crippen molar-refractivity contribution in [3.8, 4) is 11.6 Å². The molecular formula is C16H19FN2O. The lowest BCUT2D eigenvalue weighted by Gasteiger charge is -2.10. The van der Waals surface area contributed by atoms with E-state index < -0.39 is 0 Å². The maximum Gasteiger partial charge on any atom is 0.222 e. The minimum Gasteiger partial charge on any atom is -0.439 e. The third-order valence-corrected chi connectivity index (χ3v) is 3.01. The average Bonchev–Trinajstić information content (AvgIpc) is 2.43. The Balaban J connectivity index is 2.14. The molecule has 3 nitrogen and oxygen atoms in total. The van der Waals surface area contributed by atoms with Gasteiger partial charge in [0.1, 0.15) is 11.6 Å². The summed E-state index contributed by atoms with van der Waals surface area (Å²) in [4.78, 5) is 4.32. The summed E-state index contributed by atoms with van der Waals surface area (Å²) in [5.74, 6) is 0.915. The number of ether oxygens (including phenoxy) is 1. The second-order valence-corrected chi connectivity index (χ2v) is 4.76. The fraction of sp³-hybridized carbons (Fsp3) is 0.312. The SMILES string of the molecule is CCNCc1cnc(Oc2ccc(F)c(C)c2)c(C)c1. The molecule has 0 fully saturated rings. The van der Waals surface area contributed by atoms with Gasteiger partial charge >= 0.3 is 0 Å². The minimum absolute atomic E-state index is 0.233. The molecule has 4 heteroatoms. The van der Waals surface area contributed by atoms with E-state index in [2.05, 4.69) is 17.2 Å². The van der Waals surface area contributed by atoms with Crippen LogP contribution in [0.1, 0.15) is 23.6 Å². The molecule has 0 aliphatic heterocycles. The van der Waals surface area contributed by atoms with Gasteiger partial charge in [-0.2, -0.15) is 0 Å². The average molecular weight is 274 g/mol. The van der Waals surface area contributed by atoms with E-state index in [1.807, 2.05) is 13.0 Å². The molecule has 0 radical (unpaired) electrons. The zero-order valence-electron chi connectivity index (χ0n) is 12.0. The van der Waals surface area contributed by atoms with Crippen molar-refractivity contribution in [1.82, 2.24) is 10.3 Å². The van der Waals surface area contributed by atoms with E-state index >= 15 is 0 Å². The number of nitrogens with one attached hydrogen (secondary N) is 1. The van der Waals surface area contributed by atoms with Crippen molar-refractivity contribution in [3.05, 3.63) is 53.0 Å². The molecule has 0 aliphatic carbocycles. The number of pyridine rings is 1. The molecule has 1 aromatic carbocycles. The van der Waals surface area contributed by atoms with Gasteiger partial charge in [-0.3, -0.25) is 0 Å². The van der Waals surface area contributed by atoms with Crippen LogP contribution in [0.25, 0.3) is 0 Å². The molecule has 0 saturated heterocycles. The van der Waals surface area contributed by atoms with E-state index in [1.165, 1.54) is 6.07 Å². The Morgan fingerprint density at radius 2 is 2.00 bits per heavy atom. The molecule has 2 rings (SSSR count). The minimum atomic E-state index is -0.233. The van der Waals surface area contributed by atoms with Gasteiger partial charge in [-0.15, -0.1) is 0 Å². The van der Waals surface area contributed by atoms with Crippen LogP contribution in [0.3, 0.4) is 0 Å². The normalized spacial score (nSPS) is 10.6. The zero-order valence-corrected chi connectivity index (χ0v) is 12.0. The summed E-state index contributed by atoms with van der Waals surface area (Å²) in [6, 6.07) is 6.72. The van der Waals surface area contributed by atoms with Gasteiger partial charge < -0.3 is 10.1 Å². The topological polar surface area (TPSA) is 34.2 Å². The molecule has 0 aliphatic rings. The van der Waals surface area contributed by atoms with E-state index in [9.17, 15) is 4.39 Å². The highest BCUT2D eigenvalue weighted by Gasteiger charge is 2.06. The molecule has 0 unspecified atom stereocenters. The van der Waals surface area contributed by atoms with Gasteiger partial charge in [-0.05, 0) is 55.8 Å². The van der Waals surface area contributed by atoms with Crippen LogP contribution < -0.4 is 10.1 Å². The molecule has 0 bridgehead atoms. The number of rotatable bonds is 5. The molecule has 0 atom stereocenters. The summed E-state index contributed by atoms with van der Waals surface area (Å²) in [6.07, 6.45) is 1.79. The summed E-state index contributed by atoms with van der Waals surface area (Å²) in [6.45, 7) is 7.44. The molecule has 2 aromatic rings. The van der Waals surface area contributed by atoms with Gasteiger partial charge in [0, 0.05) is 18.3 Å². The summed E-state index contributed by atoms with van der Waals surface area (Å²) >= 11 is 0. The lowest BCUT2D eigenvalue weighted by Crippen LogP contribution is -2.12. The molecule has 0 saturated carbocycles. The first-order valence-corrected chi connectivity index (χ1v) is 6.70. The zero-order chi connectivity index (χ0) is 14.5. The Hall–Kier alpha value is -1.94. The standard InChI is InChI=1S/C16H19FN2O/c1-4-18-9-13-7-12(3)16(19-10-13)20-14-5-6-15(17)11(2)8-14/h5-8,10,18H,4,9H2,1-3H3. The van der Waals surface area contributed by atoms with Crippen LogP contribution in [0.4, 0.5) is 4.39 Å². The largest absolute Gasteiger partial charge is 0.439 e. The predicted molar refractivity (Wildman–Crippen MR) is 77.6 cm³/mol. The highest BCUT2D eigenvalue weighted by Crippen LogP contribution is 2.24. The van der Waals surface area contributed by atoms with Gasteiger partial charge in [0.15, 0.2) is 0 Å². The van der Waals surface area contributed by atoms with Crippen LogP contribution in [0.2, 0.25) is 0 Å². The Kier molecular flexibility index (Phi) is 4.69. The Morgan fingerprint density at radius 3 is 2.65 bits per heavy atom. The Labute approximate surface area is 118 Å². The quantitative estimate of drug-likeness (QED) is 0.902. The maximum atomic E-state index is 13.2. The Bertz CT molecular complexity index is 599. The van der Waals surface area contributed by atoms with Crippen LogP contribution in [0.15, 0.2) is 30.5 Å². The van der Waals surface area contributed by atoms with Crippen molar-refractivity contribution >= 4 is 0 Å². The highest BCUT2D eigenvalue weighted by molar-refractivity contribution is 5.35. The third kappa shape index (κ3) is 3.54. The lowest BCUT2D eigenvalue weighted by molar-refractivity contribution is 0.456. The second kappa shape index (κ2) is 6.48. The first-order valence-electron chi connectivity index (χ1n) is 6.70. The smallest absolute Gasteiger partial charge is 0.222 e. The summed E-state index contributed by atoms with van der Waals surface area (Å²) in [7, 11) is 0. The van der Waals surface area contributed by atoms with Gasteiger partial charge in [0.25, 0.3) is 0 Å². The van der Waals surface area contributed by atoms with E-state index in [0.29, 0.717) is 17.2 Å². The third-order valence-electron chi connectivity index (χ3n) is 3.01. The van der Waals surface area contributed by atoms with Crippen molar-refractivity contribution in [3.63, 3.8) is 0 Å². The predicted octanol–water partition coefficient (Wildman–Crippen LogP) is 3.74. The van der Waals surface area contributed by atoms with Crippen LogP contribution in [-0.4, -0.2) is 11.5 Å². The number of halogens is 1. The van der Waals surface area contributed by atoms with E-state index in [4.69, 9.17) is 4.74 Å². The number of hydrogen-bond donors (Lipinski definition) is 1. The van der Waals surface area contributed by atoms with Gasteiger partial charge in [0.2, 0.25) is 5.88 Å². The molecule has 1 heterocycles. The first-order chi connectivity index (χ1) is 9.60. The highest BCUT2D eigenvalue weighted by atomic mass is 19.1. The lowest BCUT2D eigenvalue weighted by atomic mass is 10.2. The van der Waals surface area contributed by atoms with Crippen LogP contribution >= 0.6 is 0 Å². The molecular weight excluding hydrogens is 255 g/mol. The van der Waals surface area contributed by atoms with Crippen molar-refractivity contribution in [1.29, 1.82) is 0 Å². The molecule has 1 N–H and O–H groups in total.